The van der Waals surface area contributed by atoms with Gasteiger partial charge < -0.3 is 5.32 Å². The predicted octanol–water partition coefficient (Wildman–Crippen LogP) is 2.98. The van der Waals surface area contributed by atoms with E-state index in [4.69, 9.17) is 0 Å². The maximum Gasteiger partial charge on any atom is 0.405 e. The second-order valence-electron chi connectivity index (χ2n) is 4.83. The van der Waals surface area contributed by atoms with Crippen LogP contribution in [0, 0.1) is 0 Å². The summed E-state index contributed by atoms with van der Waals surface area (Å²) < 4.78 is 36.0. The maximum absolute atomic E-state index is 12.0. The Morgan fingerprint density at radius 2 is 1.90 bits per heavy atom. The van der Waals surface area contributed by atoms with Crippen molar-refractivity contribution in [3.63, 3.8) is 0 Å². The summed E-state index contributed by atoms with van der Waals surface area (Å²) in [6, 6.07) is 6.77. The normalized spacial score (nSPS) is 17.0. The van der Waals surface area contributed by atoms with Crippen LogP contribution in [0.15, 0.2) is 29.4 Å². The first-order valence-corrected chi connectivity index (χ1v) is 6.71. The minimum Gasteiger partial charge on any atom is -0.328 e. The van der Waals surface area contributed by atoms with Gasteiger partial charge in [-0.3, -0.25) is 0 Å². The molecule has 0 unspecified atom stereocenters. The van der Waals surface area contributed by atoms with Gasteiger partial charge in [0.15, 0.2) is 0 Å². The zero-order valence-corrected chi connectivity index (χ0v) is 11.3. The van der Waals surface area contributed by atoms with Gasteiger partial charge in [0.1, 0.15) is 6.54 Å². The van der Waals surface area contributed by atoms with Gasteiger partial charge >= 0.3 is 12.2 Å². The number of hydrazone groups is 1. The smallest absolute Gasteiger partial charge is 0.328 e. The van der Waals surface area contributed by atoms with Gasteiger partial charge in [0, 0.05) is 5.56 Å². The third-order valence-electron chi connectivity index (χ3n) is 3.18. The monoisotopic (exact) mass is 299 g/mol. The average Bonchev–Trinajstić information content (AvgIpc) is 2.64. The molecule has 0 atom stereocenters. The Bertz CT molecular complexity index is 541. The lowest BCUT2D eigenvalue weighted by Gasteiger charge is -2.10. The van der Waals surface area contributed by atoms with Gasteiger partial charge in [-0.25, -0.2) is 10.2 Å². The van der Waals surface area contributed by atoms with Gasteiger partial charge in [-0.2, -0.15) is 18.3 Å². The lowest BCUT2D eigenvalue weighted by Crippen LogP contribution is -2.39. The molecule has 1 aromatic rings. The molecule has 0 saturated heterocycles. The molecule has 0 heterocycles. The molecule has 4 nitrogen and oxygen atoms in total. The number of urea groups is 1. The Kier molecular flexibility index (Phi) is 4.82. The number of carbonyl (C=O) groups excluding carboxylic acids is 1. The van der Waals surface area contributed by atoms with Crippen molar-refractivity contribution in [2.24, 2.45) is 5.10 Å². The summed E-state index contributed by atoms with van der Waals surface area (Å²) >= 11 is 0. The number of benzene rings is 1. The summed E-state index contributed by atoms with van der Waals surface area (Å²) in [5, 5.41) is 5.69. The molecular weight excluding hydrogens is 283 g/mol. The summed E-state index contributed by atoms with van der Waals surface area (Å²) in [6.07, 6.45) is -0.846. The molecule has 0 aromatic heterocycles. The van der Waals surface area contributed by atoms with E-state index < -0.39 is 18.8 Å². The summed E-state index contributed by atoms with van der Waals surface area (Å²) in [4.78, 5) is 11.3. The van der Waals surface area contributed by atoms with Crippen molar-refractivity contribution in [1.82, 2.24) is 10.7 Å². The van der Waals surface area contributed by atoms with Crippen LogP contribution in [-0.2, 0) is 6.42 Å². The molecule has 0 spiro atoms. The fourth-order valence-corrected chi connectivity index (χ4v) is 2.22. The van der Waals surface area contributed by atoms with Crippen molar-refractivity contribution in [3.8, 4) is 0 Å². The lowest BCUT2D eigenvalue weighted by atomic mass is 10.0. The summed E-state index contributed by atoms with van der Waals surface area (Å²) in [5.74, 6) is 0. The van der Waals surface area contributed by atoms with Crippen LogP contribution >= 0.6 is 0 Å². The van der Waals surface area contributed by atoms with Crippen molar-refractivity contribution in [1.29, 1.82) is 0 Å². The van der Waals surface area contributed by atoms with Crippen molar-refractivity contribution >= 4 is 11.7 Å². The van der Waals surface area contributed by atoms with Gasteiger partial charge in [0.05, 0.1) is 5.71 Å². The first-order valence-electron chi connectivity index (χ1n) is 6.71. The predicted molar refractivity (Wildman–Crippen MR) is 73.1 cm³/mol. The molecule has 0 aliphatic heterocycles. The van der Waals surface area contributed by atoms with Crippen molar-refractivity contribution in [2.45, 2.75) is 31.9 Å². The van der Waals surface area contributed by atoms with Crippen LogP contribution in [-0.4, -0.2) is 24.5 Å². The minimum atomic E-state index is -4.43. The number of rotatable bonds is 2. The Labute approximate surface area is 120 Å². The van der Waals surface area contributed by atoms with E-state index in [0.29, 0.717) is 12.1 Å². The van der Waals surface area contributed by atoms with Gasteiger partial charge in [-0.05, 0) is 31.2 Å². The number of fused-ring (bicyclic) bond motifs is 1. The van der Waals surface area contributed by atoms with E-state index in [1.807, 2.05) is 24.3 Å². The number of hydrogen-bond donors (Lipinski definition) is 2. The molecule has 0 saturated carbocycles. The molecule has 0 fully saturated rings. The number of halogens is 3. The standard InChI is InChI=1S/C14H16F3N3O/c15-14(16,17)9-18-13(21)20-19-12-8-4-2-6-10-5-1-3-7-11(10)12/h1,3,5,7H,2,4,6,8-9H2,(H2,18,20,21). The summed E-state index contributed by atoms with van der Waals surface area (Å²) in [5.41, 5.74) is 4.93. The second kappa shape index (κ2) is 6.60. The quantitative estimate of drug-likeness (QED) is 0.640. The van der Waals surface area contributed by atoms with E-state index in [0.717, 1.165) is 30.4 Å². The number of aryl methyl sites for hydroxylation is 1. The third-order valence-corrected chi connectivity index (χ3v) is 3.18. The van der Waals surface area contributed by atoms with Crippen molar-refractivity contribution in [3.05, 3.63) is 35.4 Å². The molecule has 1 aliphatic rings. The van der Waals surface area contributed by atoms with Gasteiger partial charge in [-0.1, -0.05) is 24.3 Å². The van der Waals surface area contributed by atoms with Gasteiger partial charge in [0.2, 0.25) is 0 Å². The maximum atomic E-state index is 12.0. The van der Waals surface area contributed by atoms with Crippen LogP contribution in [0.25, 0.3) is 0 Å². The highest BCUT2D eigenvalue weighted by molar-refractivity contribution is 6.02. The fraction of sp³-hybridized carbons (Fsp3) is 0.429. The zero-order chi connectivity index (χ0) is 15.3. The summed E-state index contributed by atoms with van der Waals surface area (Å²) in [7, 11) is 0. The van der Waals surface area contributed by atoms with Crippen LogP contribution in [0.5, 0.6) is 0 Å². The number of hydrogen-bond acceptors (Lipinski definition) is 2. The first kappa shape index (κ1) is 15.3. The Morgan fingerprint density at radius 3 is 2.67 bits per heavy atom. The first-order chi connectivity index (χ1) is 9.96. The highest BCUT2D eigenvalue weighted by Crippen LogP contribution is 2.20. The van der Waals surface area contributed by atoms with Crippen LogP contribution in [0.4, 0.5) is 18.0 Å². The molecule has 114 valence electrons. The fourth-order valence-electron chi connectivity index (χ4n) is 2.22. The molecule has 2 rings (SSSR count). The minimum absolute atomic E-state index is 0.691. The molecule has 1 aliphatic carbocycles. The van der Waals surface area contributed by atoms with Crippen LogP contribution in [0.1, 0.15) is 30.4 Å². The van der Waals surface area contributed by atoms with E-state index in [2.05, 4.69) is 10.5 Å². The second-order valence-corrected chi connectivity index (χ2v) is 4.83. The molecular formula is C14H16F3N3O. The molecule has 21 heavy (non-hydrogen) atoms. The van der Waals surface area contributed by atoms with E-state index >= 15 is 0 Å². The topological polar surface area (TPSA) is 53.5 Å². The molecule has 2 amide bonds. The van der Waals surface area contributed by atoms with Gasteiger partial charge in [0.25, 0.3) is 0 Å². The highest BCUT2D eigenvalue weighted by atomic mass is 19.4. The average molecular weight is 299 g/mol. The SMILES string of the molecule is O=C(NCC(F)(F)F)NN=C1CCCCc2ccccc21. The number of alkyl halides is 3. The largest absolute Gasteiger partial charge is 0.405 e. The molecule has 7 heteroatoms. The van der Waals surface area contributed by atoms with Crippen molar-refractivity contribution < 1.29 is 18.0 Å². The molecule has 0 radical (unpaired) electrons. The van der Waals surface area contributed by atoms with Crippen LogP contribution in [0.2, 0.25) is 0 Å². The number of amides is 2. The zero-order valence-electron chi connectivity index (χ0n) is 11.3. The van der Waals surface area contributed by atoms with Gasteiger partial charge in [-0.15, -0.1) is 0 Å². The Morgan fingerprint density at radius 1 is 1.19 bits per heavy atom. The van der Waals surface area contributed by atoms with E-state index in [9.17, 15) is 18.0 Å². The van der Waals surface area contributed by atoms with Crippen LogP contribution in [0.3, 0.4) is 0 Å². The highest BCUT2D eigenvalue weighted by Gasteiger charge is 2.27. The molecule has 2 N–H and O–H groups in total. The Balaban J connectivity index is 2.02. The number of carbonyl (C=O) groups is 1. The third kappa shape index (κ3) is 4.77. The van der Waals surface area contributed by atoms with E-state index in [-0.39, 0.29) is 0 Å². The van der Waals surface area contributed by atoms with Crippen LogP contribution < -0.4 is 10.7 Å². The van der Waals surface area contributed by atoms with Crippen molar-refractivity contribution in [2.75, 3.05) is 6.54 Å². The molecule has 0 bridgehead atoms. The lowest BCUT2D eigenvalue weighted by molar-refractivity contribution is -0.122. The molecule has 1 aromatic carbocycles. The number of nitrogens with one attached hydrogen (secondary N) is 2. The van der Waals surface area contributed by atoms with E-state index in [1.54, 1.807) is 5.32 Å². The van der Waals surface area contributed by atoms with E-state index in [1.165, 1.54) is 0 Å². The number of nitrogens with zero attached hydrogens (tertiary/aromatic N) is 1. The Hall–Kier alpha value is -2.05. The summed E-state index contributed by atoms with van der Waals surface area (Å²) in [6.45, 7) is -1.37.